The van der Waals surface area contributed by atoms with Crippen LogP contribution in [0.3, 0.4) is 0 Å². The maximum atomic E-state index is 7.03. The zero-order chi connectivity index (χ0) is 9.68. The van der Waals surface area contributed by atoms with Crippen LogP contribution in [0.4, 0.5) is 0 Å². The Morgan fingerprint density at radius 1 is 1.31 bits per heavy atom. The van der Waals surface area contributed by atoms with Crippen LogP contribution in [0.5, 0.6) is 0 Å². The number of benzene rings is 1. The third kappa shape index (κ3) is 2.41. The predicted molar refractivity (Wildman–Crippen MR) is 58.0 cm³/mol. The molecule has 1 aromatic rings. The van der Waals surface area contributed by atoms with Gasteiger partial charge in [-0.2, -0.15) is 0 Å². The van der Waals surface area contributed by atoms with E-state index in [-0.39, 0.29) is 0 Å². The molecule has 0 aliphatic heterocycles. The van der Waals surface area contributed by atoms with Crippen molar-refractivity contribution in [1.29, 1.82) is 5.41 Å². The Labute approximate surface area is 78.9 Å². The average molecular weight is 171 g/mol. The fraction of sp³-hybridized carbons (Fsp3) is 0.0833. The van der Waals surface area contributed by atoms with Crippen LogP contribution in [0.1, 0.15) is 12.5 Å². The van der Waals surface area contributed by atoms with Crippen molar-refractivity contribution >= 4 is 11.8 Å². The van der Waals surface area contributed by atoms with E-state index in [0.29, 0.717) is 0 Å². The minimum absolute atomic E-state index is 0.981. The fourth-order valence-electron chi connectivity index (χ4n) is 1.19. The number of allylic oxidation sites excluding steroid dienone is 3. The molecule has 0 unspecified atom stereocenters. The first kappa shape index (κ1) is 9.46. The van der Waals surface area contributed by atoms with Crippen LogP contribution in [0, 0.1) is 5.41 Å². The lowest BCUT2D eigenvalue weighted by atomic mass is 10.0. The maximum absolute atomic E-state index is 7.03. The Bertz CT molecular complexity index is 333. The van der Waals surface area contributed by atoms with Crippen LogP contribution in [0.25, 0.3) is 5.57 Å². The third-order valence-electron chi connectivity index (χ3n) is 1.79. The van der Waals surface area contributed by atoms with Gasteiger partial charge in [0.1, 0.15) is 0 Å². The fourth-order valence-corrected chi connectivity index (χ4v) is 1.19. The molecule has 0 atom stereocenters. The van der Waals surface area contributed by atoms with Crippen LogP contribution >= 0.6 is 0 Å². The Balaban J connectivity index is 3.10. The van der Waals surface area contributed by atoms with Crippen molar-refractivity contribution in [3.05, 3.63) is 54.1 Å². The van der Waals surface area contributed by atoms with Gasteiger partial charge in [-0.05, 0) is 24.1 Å². The standard InChI is InChI=1S/C12H13N/c1-10(2)12(8-9-13)11-6-4-3-5-7-11/h3-9,13H,1H2,2H3/b12-8+,13-9?. The van der Waals surface area contributed by atoms with Crippen molar-refractivity contribution in [2.24, 2.45) is 0 Å². The summed E-state index contributed by atoms with van der Waals surface area (Å²) in [6, 6.07) is 9.98. The molecule has 0 aromatic heterocycles. The van der Waals surface area contributed by atoms with Crippen LogP contribution in [0.15, 0.2) is 48.6 Å². The third-order valence-corrected chi connectivity index (χ3v) is 1.79. The van der Waals surface area contributed by atoms with Crippen molar-refractivity contribution in [3.63, 3.8) is 0 Å². The van der Waals surface area contributed by atoms with Crippen molar-refractivity contribution in [2.45, 2.75) is 6.92 Å². The van der Waals surface area contributed by atoms with Gasteiger partial charge in [0.05, 0.1) is 0 Å². The smallest absolute Gasteiger partial charge is 0.0184 e. The normalized spacial score (nSPS) is 11.0. The van der Waals surface area contributed by atoms with Gasteiger partial charge in [0, 0.05) is 6.21 Å². The molecule has 13 heavy (non-hydrogen) atoms. The highest BCUT2D eigenvalue weighted by Crippen LogP contribution is 2.20. The lowest BCUT2D eigenvalue weighted by Gasteiger charge is -2.05. The van der Waals surface area contributed by atoms with Gasteiger partial charge in [-0.3, -0.25) is 0 Å². The van der Waals surface area contributed by atoms with Crippen molar-refractivity contribution in [3.8, 4) is 0 Å². The van der Waals surface area contributed by atoms with Crippen molar-refractivity contribution < 1.29 is 0 Å². The highest BCUT2D eigenvalue weighted by molar-refractivity contribution is 5.89. The zero-order valence-corrected chi connectivity index (χ0v) is 7.75. The van der Waals surface area contributed by atoms with E-state index in [1.165, 1.54) is 6.21 Å². The monoisotopic (exact) mass is 171 g/mol. The summed E-state index contributed by atoms with van der Waals surface area (Å²) in [5.74, 6) is 0. The summed E-state index contributed by atoms with van der Waals surface area (Å²) in [6.07, 6.45) is 3.05. The van der Waals surface area contributed by atoms with Crippen LogP contribution in [-0.2, 0) is 0 Å². The Hall–Kier alpha value is -1.63. The summed E-state index contributed by atoms with van der Waals surface area (Å²) in [5.41, 5.74) is 3.11. The average Bonchev–Trinajstić information content (AvgIpc) is 2.15. The molecular weight excluding hydrogens is 158 g/mol. The molecule has 0 bridgehead atoms. The number of rotatable bonds is 3. The van der Waals surface area contributed by atoms with Gasteiger partial charge in [0.2, 0.25) is 0 Å². The van der Waals surface area contributed by atoms with Gasteiger partial charge in [-0.25, -0.2) is 0 Å². The molecule has 0 saturated carbocycles. The van der Waals surface area contributed by atoms with Gasteiger partial charge in [0.15, 0.2) is 0 Å². The highest BCUT2D eigenvalue weighted by Gasteiger charge is 1.99. The highest BCUT2D eigenvalue weighted by atomic mass is 14.3. The van der Waals surface area contributed by atoms with E-state index in [9.17, 15) is 0 Å². The zero-order valence-electron chi connectivity index (χ0n) is 7.75. The number of nitrogens with one attached hydrogen (secondary N) is 1. The molecule has 0 aliphatic rings. The molecular formula is C12H13N. The van der Waals surface area contributed by atoms with E-state index in [0.717, 1.165) is 16.7 Å². The lowest BCUT2D eigenvalue weighted by Crippen LogP contribution is -1.85. The second-order valence-electron chi connectivity index (χ2n) is 2.89. The molecule has 1 heteroatoms. The molecule has 0 spiro atoms. The summed E-state index contributed by atoms with van der Waals surface area (Å²) in [7, 11) is 0. The number of hydrogen-bond acceptors (Lipinski definition) is 1. The largest absolute Gasteiger partial charge is 0.309 e. The molecule has 0 saturated heterocycles. The minimum Gasteiger partial charge on any atom is -0.309 e. The number of hydrogen-bond donors (Lipinski definition) is 1. The molecule has 0 fully saturated rings. The second-order valence-corrected chi connectivity index (χ2v) is 2.89. The summed E-state index contributed by atoms with van der Waals surface area (Å²) >= 11 is 0. The topological polar surface area (TPSA) is 23.9 Å². The first-order valence-corrected chi connectivity index (χ1v) is 4.17. The van der Waals surface area contributed by atoms with Crippen molar-refractivity contribution in [1.82, 2.24) is 0 Å². The summed E-state index contributed by atoms with van der Waals surface area (Å²) in [4.78, 5) is 0. The van der Waals surface area contributed by atoms with E-state index < -0.39 is 0 Å². The molecule has 0 amide bonds. The minimum atomic E-state index is 0.981. The van der Waals surface area contributed by atoms with Crippen LogP contribution < -0.4 is 0 Å². The Kier molecular flexibility index (Phi) is 3.21. The van der Waals surface area contributed by atoms with Crippen molar-refractivity contribution in [2.75, 3.05) is 0 Å². The molecule has 0 radical (unpaired) electrons. The van der Waals surface area contributed by atoms with Crippen LogP contribution in [-0.4, -0.2) is 6.21 Å². The molecule has 1 rings (SSSR count). The molecule has 1 N–H and O–H groups in total. The lowest BCUT2D eigenvalue weighted by molar-refractivity contribution is 1.51. The van der Waals surface area contributed by atoms with Gasteiger partial charge >= 0.3 is 0 Å². The summed E-state index contributed by atoms with van der Waals surface area (Å²) in [6.45, 7) is 5.83. The van der Waals surface area contributed by atoms with E-state index >= 15 is 0 Å². The Morgan fingerprint density at radius 3 is 2.38 bits per heavy atom. The van der Waals surface area contributed by atoms with Gasteiger partial charge in [-0.15, -0.1) is 0 Å². The van der Waals surface area contributed by atoms with Gasteiger partial charge in [0.25, 0.3) is 0 Å². The van der Waals surface area contributed by atoms with E-state index in [4.69, 9.17) is 5.41 Å². The molecule has 1 nitrogen and oxygen atoms in total. The maximum Gasteiger partial charge on any atom is 0.0184 e. The van der Waals surface area contributed by atoms with E-state index in [2.05, 4.69) is 6.58 Å². The van der Waals surface area contributed by atoms with Crippen LogP contribution in [0.2, 0.25) is 0 Å². The predicted octanol–water partition coefficient (Wildman–Crippen LogP) is 3.30. The quantitative estimate of drug-likeness (QED) is 0.533. The van der Waals surface area contributed by atoms with E-state index in [1.807, 2.05) is 37.3 Å². The summed E-state index contributed by atoms with van der Waals surface area (Å²) in [5, 5.41) is 7.03. The first-order valence-electron chi connectivity index (χ1n) is 4.17. The SMILES string of the molecule is C=C(C)/C(=C\C=N)c1ccccc1. The first-order chi connectivity index (χ1) is 6.25. The molecule has 0 heterocycles. The summed E-state index contributed by atoms with van der Waals surface area (Å²) < 4.78 is 0. The molecule has 1 aromatic carbocycles. The second kappa shape index (κ2) is 4.41. The molecule has 66 valence electrons. The Morgan fingerprint density at radius 2 is 1.92 bits per heavy atom. The molecule has 0 aliphatic carbocycles. The van der Waals surface area contributed by atoms with Gasteiger partial charge in [-0.1, -0.05) is 42.5 Å². The van der Waals surface area contributed by atoms with Gasteiger partial charge < -0.3 is 5.41 Å². The van der Waals surface area contributed by atoms with E-state index in [1.54, 1.807) is 6.08 Å².